The minimum absolute atomic E-state index is 0.572. The van der Waals surface area contributed by atoms with E-state index in [1.807, 2.05) is 17.0 Å². The van der Waals surface area contributed by atoms with E-state index in [0.717, 1.165) is 36.9 Å². The molecule has 0 spiro atoms. The second-order valence-electron chi connectivity index (χ2n) is 6.47. The van der Waals surface area contributed by atoms with Crippen LogP contribution in [0.3, 0.4) is 0 Å². The third-order valence-corrected chi connectivity index (χ3v) is 4.67. The number of piperazine rings is 1. The second-order valence-corrected chi connectivity index (χ2v) is 6.47. The number of hydrogen-bond acceptors (Lipinski definition) is 5. The molecule has 132 valence electrons. The number of anilines is 2. The number of halogens is 3. The van der Waals surface area contributed by atoms with Crippen molar-refractivity contribution in [1.29, 1.82) is 0 Å². The van der Waals surface area contributed by atoms with E-state index >= 15 is 0 Å². The van der Waals surface area contributed by atoms with Crippen LogP contribution in [0.15, 0.2) is 30.5 Å². The zero-order chi connectivity index (χ0) is 17.4. The number of hydrogen-bond donors (Lipinski definition) is 0. The van der Waals surface area contributed by atoms with Gasteiger partial charge < -0.3 is 9.80 Å². The van der Waals surface area contributed by atoms with Crippen LogP contribution in [0.2, 0.25) is 0 Å². The molecule has 0 unspecified atom stereocenters. The van der Waals surface area contributed by atoms with Gasteiger partial charge in [-0.15, -0.1) is 5.10 Å². The van der Waals surface area contributed by atoms with Crippen molar-refractivity contribution in [2.24, 2.45) is 0 Å². The first kappa shape index (κ1) is 16.1. The highest BCUT2D eigenvalue weighted by Crippen LogP contribution is 2.38. The van der Waals surface area contributed by atoms with Gasteiger partial charge in [0.25, 0.3) is 0 Å². The van der Waals surface area contributed by atoms with Gasteiger partial charge in [-0.05, 0) is 37.1 Å². The highest BCUT2D eigenvalue weighted by molar-refractivity contribution is 5.45. The maximum Gasteiger partial charge on any atom is 0.417 e. The second kappa shape index (κ2) is 6.16. The molecule has 5 nitrogen and oxygen atoms in total. The molecular weight excluding hydrogens is 331 g/mol. The summed E-state index contributed by atoms with van der Waals surface area (Å²) in [5.41, 5.74) is 0.345. The molecule has 4 rings (SSSR count). The summed E-state index contributed by atoms with van der Waals surface area (Å²) >= 11 is 0. The maximum absolute atomic E-state index is 12.6. The number of aromatic nitrogens is 3. The van der Waals surface area contributed by atoms with Crippen molar-refractivity contribution in [3.05, 3.63) is 41.7 Å². The van der Waals surface area contributed by atoms with Gasteiger partial charge in [0.1, 0.15) is 5.82 Å². The summed E-state index contributed by atoms with van der Waals surface area (Å²) in [5, 5.41) is 8.62. The van der Waals surface area contributed by atoms with Crippen molar-refractivity contribution < 1.29 is 13.2 Å². The maximum atomic E-state index is 12.6. The molecule has 0 radical (unpaired) electrons. The van der Waals surface area contributed by atoms with Crippen molar-refractivity contribution in [2.75, 3.05) is 36.0 Å². The molecule has 8 heteroatoms. The zero-order valence-electron chi connectivity index (χ0n) is 13.6. The number of pyridine rings is 1. The fraction of sp³-hybridized carbons (Fsp3) is 0.471. The van der Waals surface area contributed by atoms with Gasteiger partial charge in [0.05, 0.1) is 11.3 Å². The molecule has 2 fully saturated rings. The van der Waals surface area contributed by atoms with Crippen LogP contribution in [0, 0.1) is 0 Å². The normalized spacial score (nSPS) is 18.5. The third kappa shape index (κ3) is 3.52. The van der Waals surface area contributed by atoms with Gasteiger partial charge in [-0.1, -0.05) is 0 Å². The Balaban J connectivity index is 1.37. The molecule has 2 aliphatic rings. The molecule has 3 heterocycles. The Morgan fingerprint density at radius 3 is 1.96 bits per heavy atom. The summed E-state index contributed by atoms with van der Waals surface area (Å²) in [6, 6.07) is 6.57. The number of nitrogens with zero attached hydrogens (tertiary/aromatic N) is 5. The molecule has 0 bridgehead atoms. The van der Waals surface area contributed by atoms with Crippen molar-refractivity contribution >= 4 is 11.6 Å². The van der Waals surface area contributed by atoms with Crippen molar-refractivity contribution in [2.45, 2.75) is 24.9 Å². The van der Waals surface area contributed by atoms with Crippen molar-refractivity contribution in [3.63, 3.8) is 0 Å². The van der Waals surface area contributed by atoms with E-state index in [1.54, 1.807) is 0 Å². The Kier molecular flexibility index (Phi) is 3.97. The van der Waals surface area contributed by atoms with Crippen molar-refractivity contribution in [3.8, 4) is 0 Å². The van der Waals surface area contributed by atoms with E-state index in [9.17, 15) is 13.2 Å². The molecule has 1 saturated heterocycles. The zero-order valence-corrected chi connectivity index (χ0v) is 13.6. The molecule has 0 N–H and O–H groups in total. The molecule has 2 aromatic rings. The highest BCUT2D eigenvalue weighted by atomic mass is 19.4. The van der Waals surface area contributed by atoms with Crippen molar-refractivity contribution in [1.82, 2.24) is 15.2 Å². The quantitative estimate of drug-likeness (QED) is 0.852. The van der Waals surface area contributed by atoms with Crippen LogP contribution >= 0.6 is 0 Å². The van der Waals surface area contributed by atoms with E-state index in [4.69, 9.17) is 0 Å². The molecule has 1 saturated carbocycles. The molecule has 0 amide bonds. The summed E-state index contributed by atoms with van der Waals surface area (Å²) in [5.74, 6) is 2.01. The average molecular weight is 349 g/mol. The standard InChI is InChI=1S/C17H18F3N5/c18-17(19,20)13-3-5-15(21-11-13)24-7-9-25(10-8-24)16-6-4-14(22-23-16)12-1-2-12/h3-6,11-12H,1-2,7-10H2. The average Bonchev–Trinajstić information content (AvgIpc) is 3.47. The first-order chi connectivity index (χ1) is 12.0. The Morgan fingerprint density at radius 1 is 0.840 bits per heavy atom. The monoisotopic (exact) mass is 349 g/mol. The highest BCUT2D eigenvalue weighted by Gasteiger charge is 2.31. The van der Waals surface area contributed by atoms with Gasteiger partial charge in [-0.3, -0.25) is 0 Å². The van der Waals surface area contributed by atoms with Gasteiger partial charge >= 0.3 is 6.18 Å². The van der Waals surface area contributed by atoms with Crippen LogP contribution in [0.25, 0.3) is 0 Å². The van der Waals surface area contributed by atoms with Crippen LogP contribution in [-0.2, 0) is 6.18 Å². The van der Waals surface area contributed by atoms with E-state index in [2.05, 4.69) is 20.1 Å². The SMILES string of the molecule is FC(F)(F)c1ccc(N2CCN(c3ccc(C4CC4)nn3)CC2)nc1. The van der Waals surface area contributed by atoms with E-state index < -0.39 is 11.7 Å². The minimum atomic E-state index is -4.35. The minimum Gasteiger partial charge on any atom is -0.353 e. The topological polar surface area (TPSA) is 45.2 Å². The predicted octanol–water partition coefficient (Wildman–Crippen LogP) is 3.09. The molecule has 1 aliphatic carbocycles. The Hall–Kier alpha value is -2.38. The lowest BCUT2D eigenvalue weighted by atomic mass is 10.2. The predicted molar refractivity (Wildman–Crippen MR) is 87.7 cm³/mol. The Bertz CT molecular complexity index is 717. The molecule has 2 aromatic heterocycles. The fourth-order valence-corrected chi connectivity index (χ4v) is 3.01. The van der Waals surface area contributed by atoms with E-state index in [1.165, 1.54) is 18.9 Å². The fourth-order valence-electron chi connectivity index (χ4n) is 3.01. The van der Waals surface area contributed by atoms with Crippen LogP contribution < -0.4 is 9.80 Å². The van der Waals surface area contributed by atoms with Gasteiger partial charge in [0, 0.05) is 38.3 Å². The van der Waals surface area contributed by atoms with Crippen LogP contribution in [0.5, 0.6) is 0 Å². The van der Waals surface area contributed by atoms with E-state index in [-0.39, 0.29) is 0 Å². The van der Waals surface area contributed by atoms with E-state index in [0.29, 0.717) is 24.8 Å². The summed E-state index contributed by atoms with van der Waals surface area (Å²) < 4.78 is 37.8. The van der Waals surface area contributed by atoms with Gasteiger partial charge in [0.2, 0.25) is 0 Å². The molecular formula is C17H18F3N5. The molecule has 25 heavy (non-hydrogen) atoms. The lowest BCUT2D eigenvalue weighted by Gasteiger charge is -2.35. The lowest BCUT2D eigenvalue weighted by Crippen LogP contribution is -2.47. The number of alkyl halides is 3. The van der Waals surface area contributed by atoms with Gasteiger partial charge in [-0.25, -0.2) is 4.98 Å². The van der Waals surface area contributed by atoms with Crippen LogP contribution in [0.4, 0.5) is 24.8 Å². The number of rotatable bonds is 3. The first-order valence-electron chi connectivity index (χ1n) is 8.37. The summed E-state index contributed by atoms with van der Waals surface area (Å²) in [6.45, 7) is 2.84. The molecule has 0 aromatic carbocycles. The van der Waals surface area contributed by atoms with Crippen LogP contribution in [-0.4, -0.2) is 41.4 Å². The largest absolute Gasteiger partial charge is 0.417 e. The van der Waals surface area contributed by atoms with Crippen LogP contribution in [0.1, 0.15) is 30.0 Å². The smallest absolute Gasteiger partial charge is 0.353 e. The van der Waals surface area contributed by atoms with Gasteiger partial charge in [-0.2, -0.15) is 18.3 Å². The first-order valence-corrected chi connectivity index (χ1v) is 8.37. The molecule has 1 aliphatic heterocycles. The van der Waals surface area contributed by atoms with Gasteiger partial charge in [0.15, 0.2) is 5.82 Å². The Morgan fingerprint density at radius 2 is 1.48 bits per heavy atom. The summed E-state index contributed by atoms with van der Waals surface area (Å²) in [6.07, 6.45) is -1.06. The third-order valence-electron chi connectivity index (χ3n) is 4.67. The molecule has 0 atom stereocenters. The lowest BCUT2D eigenvalue weighted by molar-refractivity contribution is -0.137. The Labute approximate surface area is 143 Å². The summed E-state index contributed by atoms with van der Waals surface area (Å²) in [7, 11) is 0. The summed E-state index contributed by atoms with van der Waals surface area (Å²) in [4.78, 5) is 8.10.